The van der Waals surface area contributed by atoms with E-state index in [1.54, 1.807) is 0 Å². The lowest BCUT2D eigenvalue weighted by atomic mass is 10.2. The van der Waals surface area contributed by atoms with Gasteiger partial charge in [-0.25, -0.2) is 8.51 Å². The van der Waals surface area contributed by atoms with Gasteiger partial charge in [-0.15, -0.1) is 4.36 Å². The molecule has 0 aromatic heterocycles. The summed E-state index contributed by atoms with van der Waals surface area (Å²) in [5.41, 5.74) is 0.879. The Labute approximate surface area is 138 Å². The minimum absolute atomic E-state index is 0.740. The Morgan fingerprint density at radius 3 is 2.13 bits per heavy atom. The van der Waals surface area contributed by atoms with Crippen LogP contribution in [0, 0.1) is 12.0 Å². The van der Waals surface area contributed by atoms with Gasteiger partial charge in [-0.2, -0.15) is 0 Å². The molecular weight excluding hydrogens is 304 g/mol. The van der Waals surface area contributed by atoms with Crippen molar-refractivity contribution in [2.45, 2.75) is 24.2 Å². The van der Waals surface area contributed by atoms with E-state index in [0.29, 0.717) is 0 Å². The van der Waals surface area contributed by atoms with Crippen LogP contribution in [0.15, 0.2) is 69.9 Å². The monoisotopic (exact) mass is 324 g/mol. The van der Waals surface area contributed by atoms with Gasteiger partial charge in [0.2, 0.25) is 0 Å². The van der Waals surface area contributed by atoms with Crippen LogP contribution in [0.5, 0.6) is 0 Å². The number of hydrogen-bond donors (Lipinski definition) is 0. The minimum atomic E-state index is -2.65. The third-order valence-corrected chi connectivity index (χ3v) is 6.15. The first-order valence-corrected chi connectivity index (χ1v) is 9.39. The molecule has 0 bridgehead atoms. The molecule has 4 heteroatoms. The average Bonchev–Trinajstić information content (AvgIpc) is 2.64. The van der Waals surface area contributed by atoms with Crippen LogP contribution < -0.4 is 0 Å². The molecule has 1 saturated heterocycles. The van der Waals surface area contributed by atoms with E-state index in [9.17, 15) is 4.21 Å². The topological polar surface area (TPSA) is 32.7 Å². The maximum Gasteiger partial charge on any atom is 0.152 e. The fourth-order valence-electron chi connectivity index (χ4n) is 2.64. The lowest BCUT2D eigenvalue weighted by Gasteiger charge is -2.28. The highest BCUT2D eigenvalue weighted by atomic mass is 32.2. The summed E-state index contributed by atoms with van der Waals surface area (Å²) in [5, 5.41) is 0. The molecule has 1 fully saturated rings. The van der Waals surface area contributed by atoms with E-state index >= 15 is 0 Å². The molecule has 2 aromatic carbocycles. The molecule has 1 aliphatic heterocycles. The largest absolute Gasteiger partial charge is 0.227 e. The standard InChI is InChI=1S/C19H20N2OS/c22-23(19-12-6-2-7-13-19,21-16-8-3-9-17-21)20-15-14-18-10-4-1-5-11-18/h1-2,4-7,10-13H,3,8-9,16-17H2. The second kappa shape index (κ2) is 7.45. The number of hydrogen-bond acceptors (Lipinski definition) is 2. The smallest absolute Gasteiger partial charge is 0.152 e. The summed E-state index contributed by atoms with van der Waals surface area (Å²) in [7, 11) is -2.65. The van der Waals surface area contributed by atoms with Gasteiger partial charge in [-0.05, 0) is 43.0 Å². The van der Waals surface area contributed by atoms with Crippen molar-refractivity contribution >= 4 is 9.92 Å². The normalized spacial score (nSPS) is 17.6. The van der Waals surface area contributed by atoms with Crippen LogP contribution in [-0.2, 0) is 9.92 Å². The summed E-state index contributed by atoms with van der Waals surface area (Å²) >= 11 is 0. The Bertz CT molecular complexity index is 807. The Balaban J connectivity index is 2.00. The second-order valence-corrected chi connectivity index (χ2v) is 7.66. The van der Waals surface area contributed by atoms with Crippen molar-refractivity contribution in [1.29, 1.82) is 0 Å². The molecule has 0 aliphatic carbocycles. The number of nitrogens with zero attached hydrogens (tertiary/aromatic N) is 2. The van der Waals surface area contributed by atoms with Gasteiger partial charge in [-0.3, -0.25) is 0 Å². The lowest BCUT2D eigenvalue weighted by Crippen LogP contribution is -2.35. The van der Waals surface area contributed by atoms with Crippen molar-refractivity contribution < 1.29 is 4.21 Å². The molecule has 1 aliphatic rings. The van der Waals surface area contributed by atoms with Gasteiger partial charge in [0, 0.05) is 18.7 Å². The fraction of sp³-hybridized carbons (Fsp3) is 0.263. The highest BCUT2D eigenvalue weighted by Crippen LogP contribution is 2.22. The van der Waals surface area contributed by atoms with Gasteiger partial charge < -0.3 is 0 Å². The first-order valence-electron chi connectivity index (χ1n) is 7.91. The molecule has 0 saturated carbocycles. The quantitative estimate of drug-likeness (QED) is 0.771. The maximum absolute atomic E-state index is 13.6. The molecule has 0 N–H and O–H groups in total. The summed E-state index contributed by atoms with van der Waals surface area (Å²) in [6.07, 6.45) is 3.31. The predicted molar refractivity (Wildman–Crippen MR) is 94.0 cm³/mol. The van der Waals surface area contributed by atoms with Gasteiger partial charge in [0.15, 0.2) is 9.92 Å². The molecule has 1 unspecified atom stereocenters. The number of rotatable bonds is 2. The predicted octanol–water partition coefficient (Wildman–Crippen LogP) is 3.92. The number of piperidine rings is 1. The van der Waals surface area contributed by atoms with Crippen molar-refractivity contribution in [2.75, 3.05) is 13.1 Å². The molecule has 3 rings (SSSR count). The molecule has 0 spiro atoms. The van der Waals surface area contributed by atoms with Gasteiger partial charge >= 0.3 is 0 Å². The molecule has 23 heavy (non-hydrogen) atoms. The Kier molecular flexibility index (Phi) is 5.12. The SMILES string of the molecule is O=S(=NC#Cc1ccccc1)(c1ccccc1)N1CCCCC1. The first kappa shape index (κ1) is 15.8. The molecule has 118 valence electrons. The van der Waals surface area contributed by atoms with Crippen molar-refractivity contribution in [3.05, 3.63) is 66.2 Å². The van der Waals surface area contributed by atoms with Crippen LogP contribution >= 0.6 is 0 Å². The summed E-state index contributed by atoms with van der Waals surface area (Å²) in [4.78, 5) is 0.740. The van der Waals surface area contributed by atoms with Crippen LogP contribution in [0.25, 0.3) is 0 Å². The van der Waals surface area contributed by atoms with E-state index in [1.165, 1.54) is 6.42 Å². The van der Waals surface area contributed by atoms with E-state index in [1.807, 2.05) is 65.0 Å². The Morgan fingerprint density at radius 1 is 0.870 bits per heavy atom. The van der Waals surface area contributed by atoms with Crippen LogP contribution in [-0.4, -0.2) is 21.6 Å². The summed E-state index contributed by atoms with van der Waals surface area (Å²) in [6, 6.07) is 21.9. The lowest BCUT2D eigenvalue weighted by molar-refractivity contribution is 0.362. The average molecular weight is 324 g/mol. The van der Waals surface area contributed by atoms with E-state index in [0.717, 1.165) is 36.4 Å². The minimum Gasteiger partial charge on any atom is -0.227 e. The molecule has 1 atom stereocenters. The van der Waals surface area contributed by atoms with Crippen LogP contribution in [0.1, 0.15) is 24.8 Å². The molecule has 0 amide bonds. The van der Waals surface area contributed by atoms with E-state index in [-0.39, 0.29) is 0 Å². The molecule has 2 aromatic rings. The van der Waals surface area contributed by atoms with Crippen molar-refractivity contribution in [3.63, 3.8) is 0 Å². The van der Waals surface area contributed by atoms with Crippen molar-refractivity contribution in [3.8, 4) is 12.0 Å². The first-order chi connectivity index (χ1) is 11.3. The third-order valence-electron chi connectivity index (χ3n) is 3.86. The summed E-state index contributed by atoms with van der Waals surface area (Å²) in [5.74, 6) is 2.99. The highest BCUT2D eigenvalue weighted by molar-refractivity contribution is 7.91. The van der Waals surface area contributed by atoms with Gasteiger partial charge in [0.1, 0.15) is 0 Å². The van der Waals surface area contributed by atoms with E-state index in [2.05, 4.69) is 16.3 Å². The third kappa shape index (κ3) is 3.82. The summed E-state index contributed by atoms with van der Waals surface area (Å²) < 4.78 is 19.9. The number of benzene rings is 2. The Hall–Kier alpha value is -2.09. The van der Waals surface area contributed by atoms with Crippen LogP contribution in [0.2, 0.25) is 0 Å². The van der Waals surface area contributed by atoms with E-state index < -0.39 is 9.92 Å². The van der Waals surface area contributed by atoms with Crippen LogP contribution in [0.4, 0.5) is 0 Å². The van der Waals surface area contributed by atoms with Crippen LogP contribution in [0.3, 0.4) is 0 Å². The molecule has 0 radical (unpaired) electrons. The second-order valence-electron chi connectivity index (χ2n) is 5.49. The molecular formula is C19H20N2OS. The van der Waals surface area contributed by atoms with Gasteiger partial charge in [-0.1, -0.05) is 42.8 Å². The summed E-state index contributed by atoms with van der Waals surface area (Å²) in [6.45, 7) is 1.62. The molecule has 3 nitrogen and oxygen atoms in total. The van der Waals surface area contributed by atoms with Gasteiger partial charge in [0.25, 0.3) is 0 Å². The zero-order valence-electron chi connectivity index (χ0n) is 13.0. The Morgan fingerprint density at radius 2 is 1.48 bits per heavy atom. The highest BCUT2D eigenvalue weighted by Gasteiger charge is 2.23. The zero-order valence-corrected chi connectivity index (χ0v) is 13.8. The van der Waals surface area contributed by atoms with E-state index in [4.69, 9.17) is 0 Å². The van der Waals surface area contributed by atoms with Gasteiger partial charge in [0.05, 0.1) is 10.9 Å². The maximum atomic E-state index is 13.6. The molecule has 1 heterocycles. The fourth-order valence-corrected chi connectivity index (χ4v) is 4.59. The van der Waals surface area contributed by atoms with Crippen molar-refractivity contribution in [1.82, 2.24) is 4.31 Å². The van der Waals surface area contributed by atoms with Crippen molar-refractivity contribution in [2.24, 2.45) is 4.36 Å². The zero-order chi connectivity index (χ0) is 16.0.